The summed E-state index contributed by atoms with van der Waals surface area (Å²) in [6.07, 6.45) is 0. The van der Waals surface area contributed by atoms with Gasteiger partial charge >= 0.3 is 0 Å². The molecule has 4 rings (SSSR count). The van der Waals surface area contributed by atoms with E-state index >= 15 is 0 Å². The van der Waals surface area contributed by atoms with Crippen molar-refractivity contribution in [1.82, 2.24) is 4.31 Å². The largest absolute Gasteiger partial charge is 0.489 e. The molecule has 1 amide bonds. The van der Waals surface area contributed by atoms with Gasteiger partial charge in [-0.05, 0) is 65.7 Å². The highest BCUT2D eigenvalue weighted by Crippen LogP contribution is 2.24. The van der Waals surface area contributed by atoms with Gasteiger partial charge in [0.25, 0.3) is 0 Å². The van der Waals surface area contributed by atoms with Crippen molar-refractivity contribution in [2.45, 2.75) is 18.0 Å². The first-order valence-electron chi connectivity index (χ1n) is 11.4. The lowest BCUT2D eigenvalue weighted by atomic mass is 10.2. The second-order valence-electron chi connectivity index (χ2n) is 8.17. The summed E-state index contributed by atoms with van der Waals surface area (Å²) in [5.41, 5.74) is 2.13. The van der Waals surface area contributed by atoms with Crippen molar-refractivity contribution in [2.75, 3.05) is 11.9 Å². The van der Waals surface area contributed by atoms with Crippen LogP contribution >= 0.6 is 23.2 Å². The van der Waals surface area contributed by atoms with Gasteiger partial charge in [0.15, 0.2) is 0 Å². The Bertz CT molecular complexity index is 1450. The van der Waals surface area contributed by atoms with Crippen molar-refractivity contribution in [1.29, 1.82) is 0 Å². The molecule has 190 valence electrons. The van der Waals surface area contributed by atoms with Crippen LogP contribution in [0.4, 0.5) is 5.69 Å². The SMILES string of the molecule is O=C(CN(Cc1ccccc1Cl)S(=O)(=O)c1ccc(Cl)cc1)Nc1ccc(OCc2ccccc2)cc1. The lowest BCUT2D eigenvalue weighted by Crippen LogP contribution is -2.37. The van der Waals surface area contributed by atoms with Gasteiger partial charge in [-0.1, -0.05) is 71.7 Å². The number of anilines is 1. The number of carbonyl (C=O) groups is 1. The van der Waals surface area contributed by atoms with Crippen LogP contribution in [0.25, 0.3) is 0 Å². The van der Waals surface area contributed by atoms with Gasteiger partial charge in [0.05, 0.1) is 11.4 Å². The minimum absolute atomic E-state index is 0.0247. The molecule has 4 aromatic carbocycles. The maximum atomic E-state index is 13.4. The Hall–Kier alpha value is -3.36. The number of amides is 1. The lowest BCUT2D eigenvalue weighted by Gasteiger charge is -2.22. The van der Waals surface area contributed by atoms with E-state index in [4.69, 9.17) is 27.9 Å². The second-order valence-corrected chi connectivity index (χ2v) is 10.9. The van der Waals surface area contributed by atoms with Crippen LogP contribution in [-0.2, 0) is 28.0 Å². The van der Waals surface area contributed by atoms with Gasteiger partial charge in [-0.25, -0.2) is 8.42 Å². The molecule has 0 bridgehead atoms. The number of hydrogen-bond donors (Lipinski definition) is 1. The summed E-state index contributed by atoms with van der Waals surface area (Å²) in [7, 11) is -4.03. The smallest absolute Gasteiger partial charge is 0.243 e. The molecule has 0 heterocycles. The van der Waals surface area contributed by atoms with Crippen molar-refractivity contribution in [3.8, 4) is 5.75 Å². The van der Waals surface area contributed by atoms with E-state index in [9.17, 15) is 13.2 Å². The Morgan fingerprint density at radius 2 is 1.46 bits per heavy atom. The van der Waals surface area contributed by atoms with E-state index in [0.717, 1.165) is 9.87 Å². The Balaban J connectivity index is 1.46. The standard InChI is InChI=1S/C28H24Cl2N2O4S/c29-23-10-16-26(17-11-23)37(34,35)32(18-22-8-4-5-9-27(22)30)19-28(33)31-24-12-14-25(15-13-24)36-20-21-6-2-1-3-7-21/h1-17H,18-20H2,(H,31,33). The Kier molecular flexibility index (Phi) is 8.84. The van der Waals surface area contributed by atoms with Crippen molar-refractivity contribution < 1.29 is 17.9 Å². The number of nitrogens with one attached hydrogen (secondary N) is 1. The summed E-state index contributed by atoms with van der Waals surface area (Å²) in [6, 6.07) is 29.4. The summed E-state index contributed by atoms with van der Waals surface area (Å²) in [4.78, 5) is 12.9. The Morgan fingerprint density at radius 1 is 0.811 bits per heavy atom. The minimum atomic E-state index is -4.03. The molecule has 0 spiro atoms. The van der Waals surface area contributed by atoms with E-state index in [1.54, 1.807) is 48.5 Å². The highest BCUT2D eigenvalue weighted by molar-refractivity contribution is 7.89. The Labute approximate surface area is 226 Å². The molecule has 0 aliphatic rings. The maximum Gasteiger partial charge on any atom is 0.243 e. The molecule has 0 fully saturated rings. The molecule has 0 saturated carbocycles. The first-order valence-corrected chi connectivity index (χ1v) is 13.6. The van der Waals surface area contributed by atoms with E-state index in [-0.39, 0.29) is 11.4 Å². The zero-order valence-electron chi connectivity index (χ0n) is 19.7. The third-order valence-electron chi connectivity index (χ3n) is 5.46. The Morgan fingerprint density at radius 3 is 2.14 bits per heavy atom. The van der Waals surface area contributed by atoms with E-state index in [2.05, 4.69) is 5.32 Å². The van der Waals surface area contributed by atoms with Gasteiger partial charge < -0.3 is 10.1 Å². The molecule has 0 aliphatic heterocycles. The molecule has 1 N–H and O–H groups in total. The first-order chi connectivity index (χ1) is 17.8. The van der Waals surface area contributed by atoms with E-state index in [0.29, 0.717) is 33.7 Å². The summed E-state index contributed by atoms with van der Waals surface area (Å²) in [5, 5.41) is 3.57. The predicted octanol–water partition coefficient (Wildman–Crippen LogP) is 6.40. The number of hydrogen-bond acceptors (Lipinski definition) is 4. The van der Waals surface area contributed by atoms with E-state index in [1.165, 1.54) is 24.3 Å². The second kappa shape index (κ2) is 12.3. The van der Waals surface area contributed by atoms with Crippen molar-refractivity contribution in [2.24, 2.45) is 0 Å². The van der Waals surface area contributed by atoms with Gasteiger partial charge in [-0.2, -0.15) is 4.31 Å². The molecule has 0 saturated heterocycles. The van der Waals surface area contributed by atoms with Crippen molar-refractivity contribution in [3.63, 3.8) is 0 Å². The summed E-state index contributed by atoms with van der Waals surface area (Å²) in [6.45, 7) is -0.0706. The molecule has 0 aromatic heterocycles. The number of carbonyl (C=O) groups excluding carboxylic acids is 1. The van der Waals surface area contributed by atoms with Crippen LogP contribution in [0, 0.1) is 0 Å². The van der Waals surface area contributed by atoms with Gasteiger partial charge in [0.2, 0.25) is 15.9 Å². The van der Waals surface area contributed by atoms with Crippen LogP contribution in [0.5, 0.6) is 5.75 Å². The highest BCUT2D eigenvalue weighted by atomic mass is 35.5. The molecule has 0 radical (unpaired) electrons. The van der Waals surface area contributed by atoms with Gasteiger partial charge in [0.1, 0.15) is 12.4 Å². The fourth-order valence-corrected chi connectivity index (χ4v) is 5.23. The van der Waals surface area contributed by atoms with Crippen molar-refractivity contribution in [3.05, 3.63) is 124 Å². The van der Waals surface area contributed by atoms with E-state index in [1.807, 2.05) is 30.3 Å². The molecule has 0 aliphatic carbocycles. The van der Waals surface area contributed by atoms with Gasteiger partial charge in [-0.15, -0.1) is 0 Å². The lowest BCUT2D eigenvalue weighted by molar-refractivity contribution is -0.116. The molecule has 9 heteroatoms. The van der Waals surface area contributed by atoms with Gasteiger partial charge in [0, 0.05) is 22.3 Å². The summed E-state index contributed by atoms with van der Waals surface area (Å²) < 4.78 is 33.7. The van der Waals surface area contributed by atoms with Crippen LogP contribution in [-0.4, -0.2) is 25.2 Å². The normalized spacial score (nSPS) is 11.3. The van der Waals surface area contributed by atoms with Gasteiger partial charge in [-0.3, -0.25) is 4.79 Å². The molecule has 37 heavy (non-hydrogen) atoms. The number of sulfonamides is 1. The first kappa shape index (κ1) is 26.7. The van der Waals surface area contributed by atoms with Crippen LogP contribution in [0.2, 0.25) is 10.0 Å². The number of rotatable bonds is 10. The quantitative estimate of drug-likeness (QED) is 0.246. The number of ether oxygens (including phenoxy) is 1. The third kappa shape index (κ3) is 7.33. The zero-order valence-corrected chi connectivity index (χ0v) is 22.0. The average Bonchev–Trinajstić information content (AvgIpc) is 2.90. The summed E-state index contributed by atoms with van der Waals surface area (Å²) >= 11 is 12.2. The van der Waals surface area contributed by atoms with Crippen LogP contribution < -0.4 is 10.1 Å². The third-order valence-corrected chi connectivity index (χ3v) is 7.89. The molecule has 4 aromatic rings. The number of halogens is 2. The minimum Gasteiger partial charge on any atom is -0.489 e. The predicted molar refractivity (Wildman–Crippen MR) is 146 cm³/mol. The number of benzene rings is 4. The molecule has 0 unspecified atom stereocenters. The maximum absolute atomic E-state index is 13.4. The monoisotopic (exact) mass is 554 g/mol. The van der Waals surface area contributed by atoms with E-state index < -0.39 is 22.5 Å². The number of nitrogens with zero attached hydrogens (tertiary/aromatic N) is 1. The highest BCUT2D eigenvalue weighted by Gasteiger charge is 2.27. The van der Waals surface area contributed by atoms with Crippen LogP contribution in [0.3, 0.4) is 0 Å². The fraction of sp³-hybridized carbons (Fsp3) is 0.107. The molecule has 0 atom stereocenters. The fourth-order valence-electron chi connectivity index (χ4n) is 3.53. The average molecular weight is 555 g/mol. The zero-order chi connectivity index (χ0) is 26.3. The topological polar surface area (TPSA) is 75.7 Å². The van der Waals surface area contributed by atoms with Crippen LogP contribution in [0.15, 0.2) is 108 Å². The molecular formula is C28H24Cl2N2O4S. The summed E-state index contributed by atoms with van der Waals surface area (Å²) in [5.74, 6) is 0.148. The molecule has 6 nitrogen and oxygen atoms in total. The van der Waals surface area contributed by atoms with Crippen LogP contribution in [0.1, 0.15) is 11.1 Å². The molecular weight excluding hydrogens is 531 g/mol. The van der Waals surface area contributed by atoms with Crippen molar-refractivity contribution >= 4 is 44.8 Å².